The smallest absolute Gasteiger partial charge is 0.320 e. The number of carbonyl (C=O) groups is 1. The summed E-state index contributed by atoms with van der Waals surface area (Å²) in [5.74, 6) is 0.268. The van der Waals surface area contributed by atoms with E-state index in [-0.39, 0.29) is 17.6 Å². The van der Waals surface area contributed by atoms with Gasteiger partial charge in [-0.25, -0.2) is 0 Å². The van der Waals surface area contributed by atoms with E-state index < -0.39 is 5.12 Å². The van der Waals surface area contributed by atoms with Gasteiger partial charge < -0.3 is 9.47 Å². The fourth-order valence-corrected chi connectivity index (χ4v) is 0.824. The molecule has 5 nitrogen and oxygen atoms in total. The minimum Gasteiger partial charge on any atom is -0.481 e. The predicted molar refractivity (Wildman–Crippen MR) is 48.5 cm³/mol. The number of rotatable bonds is 3. The van der Waals surface area contributed by atoms with E-state index in [1.54, 1.807) is 0 Å². The van der Waals surface area contributed by atoms with E-state index in [4.69, 9.17) is 9.47 Å². The van der Waals surface area contributed by atoms with Crippen LogP contribution in [-0.4, -0.2) is 29.3 Å². The molecule has 0 N–H and O–H groups in total. The molecule has 0 unspecified atom stereocenters. The van der Waals surface area contributed by atoms with Gasteiger partial charge in [0, 0.05) is 6.07 Å². The Labute approximate surface area is 80.5 Å². The van der Waals surface area contributed by atoms with Gasteiger partial charge in [-0.1, -0.05) is 12.6 Å². The van der Waals surface area contributed by atoms with Gasteiger partial charge in [0.05, 0.1) is 14.2 Å². The summed E-state index contributed by atoms with van der Waals surface area (Å²) in [5.41, 5.74) is 0.145. The lowest BCUT2D eigenvalue weighted by molar-refractivity contribution is 0.108. The zero-order chi connectivity index (χ0) is 9.84. The molecule has 0 aliphatic heterocycles. The van der Waals surface area contributed by atoms with Crippen molar-refractivity contribution in [2.75, 3.05) is 14.2 Å². The average molecular weight is 200 g/mol. The number of ether oxygens (including phenoxy) is 2. The van der Waals surface area contributed by atoms with Crippen molar-refractivity contribution in [1.82, 2.24) is 9.97 Å². The third-order valence-electron chi connectivity index (χ3n) is 1.29. The summed E-state index contributed by atoms with van der Waals surface area (Å²) in [4.78, 5) is 18.4. The maximum absolute atomic E-state index is 10.8. The molecule has 0 saturated carbocycles. The largest absolute Gasteiger partial charge is 0.481 e. The summed E-state index contributed by atoms with van der Waals surface area (Å²) >= 11 is 3.62. The average Bonchev–Trinajstić information content (AvgIpc) is 2.16. The third-order valence-corrected chi connectivity index (χ3v) is 1.52. The molecule has 0 bridgehead atoms. The van der Waals surface area contributed by atoms with Crippen molar-refractivity contribution in [1.29, 1.82) is 0 Å². The summed E-state index contributed by atoms with van der Waals surface area (Å²) < 4.78 is 9.59. The monoisotopic (exact) mass is 200 g/mol. The molecule has 13 heavy (non-hydrogen) atoms. The number of carbonyl (C=O) groups excluding carboxylic acids is 1. The molecule has 0 saturated heterocycles. The second-order valence-electron chi connectivity index (χ2n) is 2.09. The number of hydrogen-bond acceptors (Lipinski definition) is 5. The maximum atomic E-state index is 10.8. The fourth-order valence-electron chi connectivity index (χ4n) is 0.709. The summed E-state index contributed by atoms with van der Waals surface area (Å²) in [6, 6.07) is 1.47. The standard InChI is InChI=1S/C7H8N2O3S/c1-11-5-3-4(6(10)13)8-7(9-5)12-2/h3H,1-2H3,(H,10,13). The van der Waals surface area contributed by atoms with Crippen LogP contribution in [0.4, 0.5) is 0 Å². The van der Waals surface area contributed by atoms with Crippen LogP contribution in [0.15, 0.2) is 6.07 Å². The van der Waals surface area contributed by atoms with Crippen molar-refractivity contribution in [3.05, 3.63) is 11.8 Å². The SMILES string of the molecule is COc1cc(C(=O)S)nc(OC)n1. The fraction of sp³-hybridized carbons (Fsp3) is 0.286. The second-order valence-corrected chi connectivity index (χ2v) is 2.49. The Morgan fingerprint density at radius 2 is 2.08 bits per heavy atom. The molecule has 0 aliphatic rings. The summed E-state index contributed by atoms with van der Waals surface area (Å²) in [6.45, 7) is 0. The van der Waals surface area contributed by atoms with Gasteiger partial charge >= 0.3 is 6.01 Å². The Hall–Kier alpha value is -1.30. The Morgan fingerprint density at radius 1 is 1.38 bits per heavy atom. The van der Waals surface area contributed by atoms with E-state index in [2.05, 4.69) is 22.6 Å². The molecule has 0 aliphatic carbocycles. The highest BCUT2D eigenvalue weighted by molar-refractivity contribution is 7.97. The third kappa shape index (κ3) is 2.32. The van der Waals surface area contributed by atoms with E-state index in [1.807, 2.05) is 0 Å². The molecule has 1 heterocycles. The van der Waals surface area contributed by atoms with Gasteiger partial charge in [0.1, 0.15) is 5.69 Å². The number of aromatic nitrogens is 2. The van der Waals surface area contributed by atoms with Gasteiger partial charge in [-0.3, -0.25) is 4.79 Å². The normalized spacial score (nSPS) is 9.46. The zero-order valence-electron chi connectivity index (χ0n) is 7.14. The van der Waals surface area contributed by atoms with E-state index >= 15 is 0 Å². The predicted octanol–water partition coefficient (Wildman–Crippen LogP) is 0.564. The summed E-state index contributed by atoms with van der Waals surface area (Å²) in [5, 5.41) is -0.459. The molecule has 1 rings (SSSR count). The first kappa shape index (κ1) is 9.79. The number of hydrogen-bond donors (Lipinski definition) is 1. The minimum absolute atomic E-state index is 0.0803. The molecular weight excluding hydrogens is 192 g/mol. The molecule has 0 amide bonds. The molecule has 1 aromatic heterocycles. The molecule has 0 aromatic carbocycles. The van der Waals surface area contributed by atoms with E-state index in [9.17, 15) is 4.79 Å². The van der Waals surface area contributed by atoms with Crippen LogP contribution in [0.1, 0.15) is 10.5 Å². The molecule has 70 valence electrons. The van der Waals surface area contributed by atoms with Gasteiger partial charge in [0.15, 0.2) is 0 Å². The van der Waals surface area contributed by atoms with E-state index in [0.717, 1.165) is 0 Å². The topological polar surface area (TPSA) is 61.3 Å². The lowest BCUT2D eigenvalue weighted by Gasteiger charge is -2.02. The van der Waals surface area contributed by atoms with Crippen LogP contribution >= 0.6 is 12.6 Å². The van der Waals surface area contributed by atoms with Crippen LogP contribution in [0.5, 0.6) is 11.9 Å². The van der Waals surface area contributed by atoms with Crippen LogP contribution in [-0.2, 0) is 0 Å². The van der Waals surface area contributed by atoms with E-state index in [0.29, 0.717) is 0 Å². The maximum Gasteiger partial charge on any atom is 0.320 e. The van der Waals surface area contributed by atoms with Crippen molar-refractivity contribution in [2.45, 2.75) is 0 Å². The molecule has 0 fully saturated rings. The summed E-state index contributed by atoms with van der Waals surface area (Å²) in [6.07, 6.45) is 0. The number of nitrogens with zero attached hydrogens (tertiary/aromatic N) is 2. The van der Waals surface area contributed by atoms with Gasteiger partial charge in [-0.15, -0.1) is 0 Å². The van der Waals surface area contributed by atoms with Crippen LogP contribution in [0.2, 0.25) is 0 Å². The number of thiol groups is 1. The Morgan fingerprint density at radius 3 is 2.54 bits per heavy atom. The molecular formula is C7H8N2O3S. The van der Waals surface area contributed by atoms with Gasteiger partial charge in [-0.2, -0.15) is 9.97 Å². The first-order valence-electron chi connectivity index (χ1n) is 3.37. The van der Waals surface area contributed by atoms with Crippen LogP contribution in [0.25, 0.3) is 0 Å². The molecule has 0 radical (unpaired) electrons. The van der Waals surface area contributed by atoms with Gasteiger partial charge in [0.2, 0.25) is 11.0 Å². The second kappa shape index (κ2) is 4.08. The van der Waals surface area contributed by atoms with Crippen molar-refractivity contribution in [3.63, 3.8) is 0 Å². The molecule has 0 spiro atoms. The van der Waals surface area contributed by atoms with Crippen molar-refractivity contribution < 1.29 is 14.3 Å². The highest BCUT2D eigenvalue weighted by Crippen LogP contribution is 2.14. The quantitative estimate of drug-likeness (QED) is 0.722. The van der Waals surface area contributed by atoms with Gasteiger partial charge in [-0.05, 0) is 0 Å². The van der Waals surface area contributed by atoms with Crippen molar-refractivity contribution >= 4 is 17.7 Å². The highest BCUT2D eigenvalue weighted by Gasteiger charge is 2.08. The van der Waals surface area contributed by atoms with Gasteiger partial charge in [0.25, 0.3) is 0 Å². The first-order valence-corrected chi connectivity index (χ1v) is 3.82. The minimum atomic E-state index is -0.459. The Balaban J connectivity index is 3.14. The lowest BCUT2D eigenvalue weighted by atomic mass is 10.4. The Kier molecular flexibility index (Phi) is 3.07. The lowest BCUT2D eigenvalue weighted by Crippen LogP contribution is -2.01. The molecule has 1 aromatic rings. The summed E-state index contributed by atoms with van der Waals surface area (Å²) in [7, 11) is 2.84. The molecule has 0 atom stereocenters. The number of methoxy groups -OCH3 is 2. The van der Waals surface area contributed by atoms with Crippen LogP contribution in [0.3, 0.4) is 0 Å². The first-order chi connectivity index (χ1) is 6.17. The van der Waals surface area contributed by atoms with Crippen molar-refractivity contribution in [3.8, 4) is 11.9 Å². The highest BCUT2D eigenvalue weighted by atomic mass is 32.1. The van der Waals surface area contributed by atoms with Crippen LogP contribution < -0.4 is 9.47 Å². The Bertz CT molecular complexity index is 307. The van der Waals surface area contributed by atoms with Crippen molar-refractivity contribution in [2.24, 2.45) is 0 Å². The van der Waals surface area contributed by atoms with Crippen LogP contribution in [0, 0.1) is 0 Å². The zero-order valence-corrected chi connectivity index (χ0v) is 8.04. The molecule has 6 heteroatoms. The van der Waals surface area contributed by atoms with E-state index in [1.165, 1.54) is 20.3 Å².